The lowest BCUT2D eigenvalue weighted by molar-refractivity contribution is 0.0953. The standard InChI is InChI=1S/C18H18N4OS/c23-18(15-9-12-3-1-2-4-14(12)24-15)19-10-16-20-21-17(11-5-6-11)22(16)13-7-8-13/h1-4,9,11,13H,5-8,10H2,(H,19,23). The number of hydrogen-bond acceptors (Lipinski definition) is 4. The highest BCUT2D eigenvalue weighted by Gasteiger charge is 2.36. The van der Waals surface area contributed by atoms with Gasteiger partial charge in [-0.2, -0.15) is 0 Å². The van der Waals surface area contributed by atoms with E-state index < -0.39 is 0 Å². The van der Waals surface area contributed by atoms with Crippen LogP contribution in [0.5, 0.6) is 0 Å². The fourth-order valence-electron chi connectivity index (χ4n) is 3.15. The maximum Gasteiger partial charge on any atom is 0.261 e. The summed E-state index contributed by atoms with van der Waals surface area (Å²) in [5.74, 6) is 2.58. The van der Waals surface area contributed by atoms with E-state index in [0.717, 1.165) is 26.6 Å². The molecule has 0 atom stereocenters. The summed E-state index contributed by atoms with van der Waals surface area (Å²) in [5.41, 5.74) is 0. The molecule has 122 valence electrons. The average molecular weight is 338 g/mol. The zero-order valence-electron chi connectivity index (χ0n) is 13.2. The summed E-state index contributed by atoms with van der Waals surface area (Å²) in [6.45, 7) is 0.448. The molecular weight excluding hydrogens is 320 g/mol. The highest BCUT2D eigenvalue weighted by atomic mass is 32.1. The van der Waals surface area contributed by atoms with Gasteiger partial charge in [0.15, 0.2) is 5.82 Å². The van der Waals surface area contributed by atoms with Crippen LogP contribution in [-0.2, 0) is 6.54 Å². The Morgan fingerprint density at radius 3 is 2.79 bits per heavy atom. The number of aromatic nitrogens is 3. The van der Waals surface area contributed by atoms with Crippen LogP contribution in [0.25, 0.3) is 10.1 Å². The maximum atomic E-state index is 12.5. The van der Waals surface area contributed by atoms with Gasteiger partial charge in [0.1, 0.15) is 5.82 Å². The van der Waals surface area contributed by atoms with Crippen LogP contribution in [0.4, 0.5) is 0 Å². The lowest BCUT2D eigenvalue weighted by Gasteiger charge is -2.09. The third kappa shape index (κ3) is 2.51. The lowest BCUT2D eigenvalue weighted by atomic mass is 10.2. The minimum atomic E-state index is -0.0329. The van der Waals surface area contributed by atoms with Gasteiger partial charge in [0.25, 0.3) is 5.91 Å². The van der Waals surface area contributed by atoms with Crippen LogP contribution in [-0.4, -0.2) is 20.7 Å². The van der Waals surface area contributed by atoms with E-state index in [0.29, 0.717) is 18.5 Å². The van der Waals surface area contributed by atoms with Crippen molar-refractivity contribution in [2.75, 3.05) is 0 Å². The van der Waals surface area contributed by atoms with Crippen molar-refractivity contribution in [1.29, 1.82) is 0 Å². The van der Waals surface area contributed by atoms with Gasteiger partial charge in [-0.05, 0) is 43.2 Å². The molecule has 3 aromatic rings. The van der Waals surface area contributed by atoms with Crippen LogP contribution in [0.2, 0.25) is 0 Å². The Labute approximate surface area is 143 Å². The number of carbonyl (C=O) groups excluding carboxylic acids is 1. The number of rotatable bonds is 5. The molecule has 2 aromatic heterocycles. The molecule has 0 saturated heterocycles. The van der Waals surface area contributed by atoms with Crippen LogP contribution in [0.15, 0.2) is 30.3 Å². The van der Waals surface area contributed by atoms with E-state index >= 15 is 0 Å². The molecule has 1 aromatic carbocycles. The number of benzene rings is 1. The number of amides is 1. The zero-order valence-corrected chi connectivity index (χ0v) is 14.1. The van der Waals surface area contributed by atoms with Crippen molar-refractivity contribution in [1.82, 2.24) is 20.1 Å². The molecule has 0 aliphatic heterocycles. The van der Waals surface area contributed by atoms with Gasteiger partial charge in [-0.3, -0.25) is 4.79 Å². The molecule has 0 unspecified atom stereocenters. The van der Waals surface area contributed by atoms with Crippen molar-refractivity contribution >= 4 is 27.3 Å². The predicted molar refractivity (Wildman–Crippen MR) is 93.3 cm³/mol. The third-order valence-corrected chi connectivity index (χ3v) is 5.82. The molecule has 6 heteroatoms. The zero-order chi connectivity index (χ0) is 16.1. The summed E-state index contributed by atoms with van der Waals surface area (Å²) in [5, 5.41) is 12.9. The van der Waals surface area contributed by atoms with Crippen molar-refractivity contribution in [2.24, 2.45) is 0 Å². The summed E-state index contributed by atoms with van der Waals surface area (Å²) in [7, 11) is 0. The Morgan fingerprint density at radius 2 is 2.04 bits per heavy atom. The van der Waals surface area contributed by atoms with Crippen molar-refractivity contribution in [3.05, 3.63) is 46.9 Å². The Balaban J connectivity index is 1.34. The molecule has 2 saturated carbocycles. The monoisotopic (exact) mass is 338 g/mol. The molecule has 2 aliphatic rings. The van der Waals surface area contributed by atoms with Crippen molar-refractivity contribution in [3.63, 3.8) is 0 Å². The van der Waals surface area contributed by atoms with Crippen LogP contribution >= 0.6 is 11.3 Å². The molecule has 1 N–H and O–H groups in total. The first-order chi connectivity index (χ1) is 11.8. The second kappa shape index (κ2) is 5.41. The average Bonchev–Trinajstić information content (AvgIpc) is 3.53. The molecule has 2 heterocycles. The molecule has 24 heavy (non-hydrogen) atoms. The van der Waals surface area contributed by atoms with E-state index in [9.17, 15) is 4.79 Å². The Bertz CT molecular complexity index is 887. The Hall–Kier alpha value is -2.21. The second-order valence-corrected chi connectivity index (χ2v) is 7.76. The van der Waals surface area contributed by atoms with E-state index in [1.165, 1.54) is 37.0 Å². The van der Waals surface area contributed by atoms with Crippen LogP contribution in [0.1, 0.15) is 59.0 Å². The van der Waals surface area contributed by atoms with Gasteiger partial charge in [0.05, 0.1) is 11.4 Å². The highest BCUT2D eigenvalue weighted by Crippen LogP contribution is 2.44. The van der Waals surface area contributed by atoms with E-state index in [1.807, 2.05) is 30.3 Å². The summed E-state index contributed by atoms with van der Waals surface area (Å²) in [4.78, 5) is 13.2. The minimum absolute atomic E-state index is 0.0329. The van der Waals surface area contributed by atoms with Gasteiger partial charge in [0.2, 0.25) is 0 Å². The number of nitrogens with zero attached hydrogens (tertiary/aromatic N) is 3. The quantitative estimate of drug-likeness (QED) is 0.773. The van der Waals surface area contributed by atoms with E-state index in [2.05, 4.69) is 20.1 Å². The third-order valence-electron chi connectivity index (χ3n) is 4.70. The van der Waals surface area contributed by atoms with Crippen molar-refractivity contribution in [3.8, 4) is 0 Å². The number of nitrogens with one attached hydrogen (secondary N) is 1. The Morgan fingerprint density at radius 1 is 1.21 bits per heavy atom. The summed E-state index contributed by atoms with van der Waals surface area (Å²) in [6, 6.07) is 10.6. The number of fused-ring (bicyclic) bond motifs is 1. The van der Waals surface area contributed by atoms with Crippen LogP contribution < -0.4 is 5.32 Å². The molecule has 5 nitrogen and oxygen atoms in total. The van der Waals surface area contributed by atoms with Crippen LogP contribution in [0.3, 0.4) is 0 Å². The molecule has 0 radical (unpaired) electrons. The smallest absolute Gasteiger partial charge is 0.261 e. The van der Waals surface area contributed by atoms with E-state index in [-0.39, 0.29) is 5.91 Å². The van der Waals surface area contributed by atoms with Crippen LogP contribution in [0, 0.1) is 0 Å². The van der Waals surface area contributed by atoms with Crippen molar-refractivity contribution < 1.29 is 4.79 Å². The molecule has 2 fully saturated rings. The van der Waals surface area contributed by atoms with Gasteiger partial charge in [0, 0.05) is 16.7 Å². The predicted octanol–water partition coefficient (Wildman–Crippen LogP) is 3.64. The molecule has 5 rings (SSSR count). The molecule has 2 aliphatic carbocycles. The van der Waals surface area contributed by atoms with Gasteiger partial charge in [-0.1, -0.05) is 18.2 Å². The lowest BCUT2D eigenvalue weighted by Crippen LogP contribution is -2.24. The number of carbonyl (C=O) groups is 1. The maximum absolute atomic E-state index is 12.5. The van der Waals surface area contributed by atoms with E-state index in [1.54, 1.807) is 0 Å². The first-order valence-corrected chi connectivity index (χ1v) is 9.31. The summed E-state index contributed by atoms with van der Waals surface area (Å²) >= 11 is 1.53. The molecule has 1 amide bonds. The van der Waals surface area contributed by atoms with Gasteiger partial charge in [-0.25, -0.2) is 0 Å². The first kappa shape index (κ1) is 14.2. The number of thiophene rings is 1. The van der Waals surface area contributed by atoms with Crippen molar-refractivity contribution in [2.45, 2.75) is 44.2 Å². The molecule has 0 bridgehead atoms. The fraction of sp³-hybridized carbons (Fsp3) is 0.389. The molecule has 0 spiro atoms. The highest BCUT2D eigenvalue weighted by molar-refractivity contribution is 7.20. The van der Waals surface area contributed by atoms with Gasteiger partial charge >= 0.3 is 0 Å². The Kier molecular flexibility index (Phi) is 3.19. The SMILES string of the molecule is O=C(NCc1nnc(C2CC2)n1C1CC1)c1cc2ccccc2s1. The minimum Gasteiger partial charge on any atom is -0.344 e. The van der Waals surface area contributed by atoms with E-state index in [4.69, 9.17) is 0 Å². The summed E-state index contributed by atoms with van der Waals surface area (Å²) < 4.78 is 3.42. The molecular formula is C18H18N4OS. The summed E-state index contributed by atoms with van der Waals surface area (Å²) in [6.07, 6.45) is 4.85. The van der Waals surface area contributed by atoms with Gasteiger partial charge < -0.3 is 9.88 Å². The van der Waals surface area contributed by atoms with Gasteiger partial charge in [-0.15, -0.1) is 21.5 Å². The first-order valence-electron chi connectivity index (χ1n) is 8.50. The largest absolute Gasteiger partial charge is 0.344 e. The topological polar surface area (TPSA) is 59.8 Å². The normalized spacial score (nSPS) is 17.3. The fourth-order valence-corrected chi connectivity index (χ4v) is 4.13. The second-order valence-electron chi connectivity index (χ2n) is 6.68. The number of hydrogen-bond donors (Lipinski definition) is 1.